The Balaban J connectivity index is 2.73. The fourth-order valence-corrected chi connectivity index (χ4v) is 1.94. The van der Waals surface area contributed by atoms with Gasteiger partial charge >= 0.3 is 0 Å². The monoisotopic (exact) mass is 265 g/mol. The summed E-state index contributed by atoms with van der Waals surface area (Å²) in [5.74, 6) is 1.46. The molecule has 0 saturated carbocycles. The van der Waals surface area contributed by atoms with Crippen molar-refractivity contribution in [3.63, 3.8) is 0 Å². The first-order chi connectivity index (χ1) is 8.89. The molecule has 0 aliphatic carbocycles. The average Bonchev–Trinajstić information content (AvgIpc) is 2.38. The second kappa shape index (κ2) is 6.92. The number of ether oxygens (including phenoxy) is 1. The summed E-state index contributed by atoms with van der Waals surface area (Å²) in [7, 11) is 1.71. The second-order valence-corrected chi connectivity index (χ2v) is 5.94. The van der Waals surface area contributed by atoms with Crippen LogP contribution in [0.5, 0.6) is 5.75 Å². The topological polar surface area (TPSA) is 41.5 Å². The predicted octanol–water partition coefficient (Wildman–Crippen LogP) is 2.72. The zero-order valence-electron chi connectivity index (χ0n) is 12.8. The summed E-state index contributed by atoms with van der Waals surface area (Å²) >= 11 is 0. The summed E-state index contributed by atoms with van der Waals surface area (Å²) in [6.07, 6.45) is 0.896. The van der Waals surface area contributed by atoms with Crippen molar-refractivity contribution >= 4 is 0 Å². The Kier molecular flexibility index (Phi) is 5.83. The number of rotatable bonds is 7. The van der Waals surface area contributed by atoms with Crippen molar-refractivity contribution in [3.8, 4) is 5.75 Å². The highest BCUT2D eigenvalue weighted by atomic mass is 16.5. The molecule has 1 aromatic rings. The van der Waals surface area contributed by atoms with Gasteiger partial charge in [-0.3, -0.25) is 0 Å². The highest BCUT2D eigenvalue weighted by Gasteiger charge is 2.15. The van der Waals surface area contributed by atoms with Crippen molar-refractivity contribution in [2.24, 2.45) is 0 Å². The number of benzene rings is 1. The normalized spacial score (nSPS) is 11.9. The average molecular weight is 265 g/mol. The van der Waals surface area contributed by atoms with Crippen LogP contribution in [0, 0.1) is 0 Å². The molecular weight excluding hydrogens is 238 g/mol. The van der Waals surface area contributed by atoms with Crippen molar-refractivity contribution in [3.05, 3.63) is 29.3 Å². The summed E-state index contributed by atoms with van der Waals surface area (Å²) in [6.45, 7) is 9.34. The van der Waals surface area contributed by atoms with Crippen molar-refractivity contribution in [1.82, 2.24) is 5.32 Å². The third-order valence-corrected chi connectivity index (χ3v) is 3.36. The molecule has 0 amide bonds. The van der Waals surface area contributed by atoms with Crippen LogP contribution in [-0.2, 0) is 6.42 Å². The Morgan fingerprint density at radius 2 is 2.00 bits per heavy atom. The van der Waals surface area contributed by atoms with Crippen LogP contribution in [0.4, 0.5) is 0 Å². The summed E-state index contributed by atoms with van der Waals surface area (Å²) in [6, 6.07) is 6.39. The number of methoxy groups -OCH3 is 1. The molecule has 0 aromatic heterocycles. The van der Waals surface area contributed by atoms with Crippen molar-refractivity contribution in [2.45, 2.75) is 45.6 Å². The van der Waals surface area contributed by atoms with Crippen LogP contribution in [0.25, 0.3) is 0 Å². The van der Waals surface area contributed by atoms with Crippen molar-refractivity contribution in [2.75, 3.05) is 20.3 Å². The van der Waals surface area contributed by atoms with Crippen LogP contribution in [0.2, 0.25) is 0 Å². The van der Waals surface area contributed by atoms with Crippen LogP contribution >= 0.6 is 0 Å². The third kappa shape index (κ3) is 4.84. The maximum absolute atomic E-state index is 9.22. The number of hydrogen-bond acceptors (Lipinski definition) is 3. The number of aliphatic hydroxyl groups excluding tert-OH is 1. The molecule has 0 spiro atoms. The van der Waals surface area contributed by atoms with Gasteiger partial charge in [-0.1, -0.05) is 26.0 Å². The smallest absolute Gasteiger partial charge is 0.122 e. The van der Waals surface area contributed by atoms with E-state index in [-0.39, 0.29) is 12.1 Å². The maximum Gasteiger partial charge on any atom is 0.122 e. The fraction of sp³-hybridized carbons (Fsp3) is 0.625. The van der Waals surface area contributed by atoms with E-state index in [1.54, 1.807) is 7.11 Å². The highest BCUT2D eigenvalue weighted by Crippen LogP contribution is 2.24. The first-order valence-corrected chi connectivity index (χ1v) is 6.92. The summed E-state index contributed by atoms with van der Waals surface area (Å²) < 4.78 is 5.41. The lowest BCUT2D eigenvalue weighted by Crippen LogP contribution is -2.43. The van der Waals surface area contributed by atoms with E-state index in [0.717, 1.165) is 18.7 Å². The molecule has 2 N–H and O–H groups in total. The van der Waals surface area contributed by atoms with E-state index in [2.05, 4.69) is 31.3 Å². The predicted molar refractivity (Wildman–Crippen MR) is 80.0 cm³/mol. The SMILES string of the molecule is COc1ccc(C(C)C)cc1CCNC(C)(C)CO. The summed E-state index contributed by atoms with van der Waals surface area (Å²) in [5, 5.41) is 12.6. The number of hydrogen-bond donors (Lipinski definition) is 2. The van der Waals surface area contributed by atoms with Gasteiger partial charge in [0.2, 0.25) is 0 Å². The first kappa shape index (κ1) is 16.0. The first-order valence-electron chi connectivity index (χ1n) is 6.92. The Labute approximate surface area is 117 Å². The van der Waals surface area contributed by atoms with E-state index in [9.17, 15) is 5.11 Å². The minimum Gasteiger partial charge on any atom is -0.496 e. The molecule has 19 heavy (non-hydrogen) atoms. The van der Waals surface area contributed by atoms with Gasteiger partial charge in [0.15, 0.2) is 0 Å². The summed E-state index contributed by atoms with van der Waals surface area (Å²) in [4.78, 5) is 0. The largest absolute Gasteiger partial charge is 0.496 e. The zero-order valence-corrected chi connectivity index (χ0v) is 12.8. The van der Waals surface area contributed by atoms with Gasteiger partial charge in [-0.05, 0) is 49.9 Å². The van der Waals surface area contributed by atoms with Crippen LogP contribution in [0.15, 0.2) is 18.2 Å². The van der Waals surface area contributed by atoms with Gasteiger partial charge in [-0.2, -0.15) is 0 Å². The fourth-order valence-electron chi connectivity index (χ4n) is 1.94. The Morgan fingerprint density at radius 3 is 2.53 bits per heavy atom. The molecule has 0 unspecified atom stereocenters. The molecule has 0 aliphatic rings. The Hall–Kier alpha value is -1.06. The van der Waals surface area contributed by atoms with Gasteiger partial charge in [0, 0.05) is 5.54 Å². The Morgan fingerprint density at radius 1 is 1.32 bits per heavy atom. The van der Waals surface area contributed by atoms with E-state index < -0.39 is 0 Å². The van der Waals surface area contributed by atoms with Crippen LogP contribution in [0.1, 0.15) is 44.7 Å². The minimum atomic E-state index is -0.233. The molecule has 3 nitrogen and oxygen atoms in total. The minimum absolute atomic E-state index is 0.135. The number of aliphatic hydroxyl groups is 1. The second-order valence-electron chi connectivity index (χ2n) is 5.94. The van der Waals surface area contributed by atoms with Crippen LogP contribution in [0.3, 0.4) is 0 Å². The molecule has 0 fully saturated rings. The van der Waals surface area contributed by atoms with E-state index in [4.69, 9.17) is 4.74 Å². The van der Waals surface area contributed by atoms with Crippen LogP contribution < -0.4 is 10.1 Å². The van der Waals surface area contributed by atoms with Crippen molar-refractivity contribution < 1.29 is 9.84 Å². The Bertz CT molecular complexity index is 400. The van der Waals surface area contributed by atoms with Crippen molar-refractivity contribution in [1.29, 1.82) is 0 Å². The number of nitrogens with one attached hydrogen (secondary N) is 1. The molecule has 0 atom stereocenters. The molecule has 1 aromatic carbocycles. The zero-order chi connectivity index (χ0) is 14.5. The van der Waals surface area contributed by atoms with Crippen LogP contribution in [-0.4, -0.2) is 30.9 Å². The van der Waals surface area contributed by atoms with Gasteiger partial charge in [0.05, 0.1) is 13.7 Å². The molecule has 108 valence electrons. The van der Waals surface area contributed by atoms with E-state index in [1.807, 2.05) is 19.9 Å². The molecule has 3 heteroatoms. The molecular formula is C16H27NO2. The molecule has 1 rings (SSSR count). The molecule has 0 radical (unpaired) electrons. The van der Waals surface area contributed by atoms with Gasteiger partial charge in [0.1, 0.15) is 5.75 Å². The maximum atomic E-state index is 9.22. The lowest BCUT2D eigenvalue weighted by Gasteiger charge is -2.24. The van der Waals surface area contributed by atoms with Gasteiger partial charge in [-0.25, -0.2) is 0 Å². The van der Waals surface area contributed by atoms with E-state index in [1.165, 1.54) is 11.1 Å². The lowest BCUT2D eigenvalue weighted by molar-refractivity contribution is 0.189. The van der Waals surface area contributed by atoms with Gasteiger partial charge < -0.3 is 15.2 Å². The molecule has 0 heterocycles. The molecule has 0 bridgehead atoms. The van der Waals surface area contributed by atoms with Gasteiger partial charge in [0.25, 0.3) is 0 Å². The third-order valence-electron chi connectivity index (χ3n) is 3.36. The highest BCUT2D eigenvalue weighted by molar-refractivity contribution is 5.38. The molecule has 0 aliphatic heterocycles. The van der Waals surface area contributed by atoms with Gasteiger partial charge in [-0.15, -0.1) is 0 Å². The standard InChI is InChI=1S/C16H27NO2/c1-12(2)13-6-7-15(19-5)14(10-13)8-9-17-16(3,4)11-18/h6-7,10,12,17-18H,8-9,11H2,1-5H3. The molecule has 0 saturated heterocycles. The lowest BCUT2D eigenvalue weighted by atomic mass is 9.98. The van der Waals surface area contributed by atoms with E-state index in [0.29, 0.717) is 5.92 Å². The quantitative estimate of drug-likeness (QED) is 0.796. The summed E-state index contributed by atoms with van der Waals surface area (Å²) in [5.41, 5.74) is 2.32. The van der Waals surface area contributed by atoms with E-state index >= 15 is 0 Å².